The van der Waals surface area contributed by atoms with Gasteiger partial charge in [0.15, 0.2) is 0 Å². The molecular weight excluding hydrogens is 392 g/mol. The molecule has 2 aromatic carbocycles. The molecule has 29 heavy (non-hydrogen) atoms. The van der Waals surface area contributed by atoms with E-state index in [4.69, 9.17) is 9.47 Å². The van der Waals surface area contributed by atoms with E-state index in [0.29, 0.717) is 48.9 Å². The molecule has 1 N–H and O–H groups in total. The highest BCUT2D eigenvalue weighted by Crippen LogP contribution is 2.20. The fourth-order valence-corrected chi connectivity index (χ4v) is 4.50. The first-order valence-electron chi connectivity index (χ1n) is 9.56. The van der Waals surface area contributed by atoms with Gasteiger partial charge < -0.3 is 14.8 Å². The molecule has 3 rings (SSSR count). The van der Waals surface area contributed by atoms with Gasteiger partial charge in [0, 0.05) is 30.4 Å². The molecule has 0 aliphatic carbocycles. The standard InChI is InChI=1S/C21H26N2O5S/c1-16(2)28-20-5-3-4-19(14-20)22-21(24)18-8-6-17(7-9-18)15-29(25,26)23-10-12-27-13-11-23/h3-9,14,16H,10-13,15H2,1-2H3,(H,22,24). The molecule has 0 radical (unpaired) electrons. The van der Waals surface area contributed by atoms with Gasteiger partial charge in [-0.3, -0.25) is 4.79 Å². The van der Waals surface area contributed by atoms with Crippen LogP contribution in [0.5, 0.6) is 5.75 Å². The molecule has 1 aliphatic heterocycles. The second-order valence-electron chi connectivity index (χ2n) is 7.11. The summed E-state index contributed by atoms with van der Waals surface area (Å²) in [6.07, 6.45) is 0.0437. The van der Waals surface area contributed by atoms with Gasteiger partial charge in [0.1, 0.15) is 5.75 Å². The zero-order valence-electron chi connectivity index (χ0n) is 16.6. The minimum atomic E-state index is -3.39. The number of hydrogen-bond acceptors (Lipinski definition) is 5. The number of benzene rings is 2. The van der Waals surface area contributed by atoms with E-state index in [0.717, 1.165) is 0 Å². The van der Waals surface area contributed by atoms with E-state index >= 15 is 0 Å². The number of nitrogens with one attached hydrogen (secondary N) is 1. The predicted octanol–water partition coefficient (Wildman–Crippen LogP) is 2.89. The van der Waals surface area contributed by atoms with Crippen LogP contribution in [-0.2, 0) is 20.5 Å². The zero-order valence-corrected chi connectivity index (χ0v) is 17.4. The molecule has 7 nitrogen and oxygen atoms in total. The summed E-state index contributed by atoms with van der Waals surface area (Å²) in [5.41, 5.74) is 1.72. The van der Waals surface area contributed by atoms with Crippen LogP contribution in [0.2, 0.25) is 0 Å². The molecule has 1 heterocycles. The fourth-order valence-electron chi connectivity index (χ4n) is 3.00. The molecule has 0 aromatic heterocycles. The number of hydrogen-bond donors (Lipinski definition) is 1. The van der Waals surface area contributed by atoms with Crippen molar-refractivity contribution >= 4 is 21.6 Å². The Kier molecular flexibility index (Phi) is 6.89. The number of rotatable bonds is 7. The maximum atomic E-state index is 12.5. The van der Waals surface area contributed by atoms with Crippen molar-refractivity contribution in [2.45, 2.75) is 25.7 Å². The Morgan fingerprint density at radius 1 is 1.14 bits per heavy atom. The van der Waals surface area contributed by atoms with Crippen LogP contribution in [0.3, 0.4) is 0 Å². The molecule has 1 amide bonds. The van der Waals surface area contributed by atoms with Crippen molar-refractivity contribution in [1.82, 2.24) is 4.31 Å². The summed E-state index contributed by atoms with van der Waals surface area (Å²) in [7, 11) is -3.39. The van der Waals surface area contributed by atoms with Crippen molar-refractivity contribution in [2.24, 2.45) is 0 Å². The monoisotopic (exact) mass is 418 g/mol. The van der Waals surface area contributed by atoms with Crippen LogP contribution >= 0.6 is 0 Å². The van der Waals surface area contributed by atoms with Crippen LogP contribution < -0.4 is 10.1 Å². The number of carbonyl (C=O) groups excluding carboxylic acids is 1. The smallest absolute Gasteiger partial charge is 0.255 e. The molecular formula is C21H26N2O5S. The molecule has 0 unspecified atom stereocenters. The molecule has 156 valence electrons. The largest absolute Gasteiger partial charge is 0.491 e. The maximum absolute atomic E-state index is 12.5. The summed E-state index contributed by atoms with van der Waals surface area (Å²) < 4.78 is 37.3. The molecule has 1 aliphatic rings. The Bertz CT molecular complexity index is 936. The van der Waals surface area contributed by atoms with Crippen LogP contribution in [0.4, 0.5) is 5.69 Å². The third-order valence-corrected chi connectivity index (χ3v) is 6.24. The molecule has 0 saturated carbocycles. The average molecular weight is 419 g/mol. The van der Waals surface area contributed by atoms with E-state index in [1.54, 1.807) is 36.4 Å². The van der Waals surface area contributed by atoms with Gasteiger partial charge in [-0.2, -0.15) is 4.31 Å². The Hall–Kier alpha value is -2.42. The normalized spacial score (nSPS) is 15.3. The van der Waals surface area contributed by atoms with Crippen molar-refractivity contribution in [1.29, 1.82) is 0 Å². The van der Waals surface area contributed by atoms with Gasteiger partial charge in [0.25, 0.3) is 5.91 Å². The van der Waals surface area contributed by atoms with E-state index in [2.05, 4.69) is 5.32 Å². The van der Waals surface area contributed by atoms with Gasteiger partial charge in [0.05, 0.1) is 25.1 Å². The third-order valence-electron chi connectivity index (χ3n) is 4.39. The molecule has 1 saturated heterocycles. The lowest BCUT2D eigenvalue weighted by Gasteiger charge is -2.26. The van der Waals surface area contributed by atoms with Gasteiger partial charge in [-0.15, -0.1) is 0 Å². The quantitative estimate of drug-likeness (QED) is 0.747. The van der Waals surface area contributed by atoms with Crippen LogP contribution in [0.25, 0.3) is 0 Å². The molecule has 2 aromatic rings. The van der Waals surface area contributed by atoms with Gasteiger partial charge in [-0.1, -0.05) is 18.2 Å². The molecule has 0 spiro atoms. The third kappa shape index (κ3) is 6.03. The summed E-state index contributed by atoms with van der Waals surface area (Å²) in [4.78, 5) is 12.5. The Labute approximate surface area is 171 Å². The minimum absolute atomic E-state index is 0.0437. The van der Waals surface area contributed by atoms with E-state index in [1.807, 2.05) is 26.0 Å². The lowest BCUT2D eigenvalue weighted by atomic mass is 10.1. The highest BCUT2D eigenvalue weighted by molar-refractivity contribution is 7.88. The van der Waals surface area contributed by atoms with E-state index in [-0.39, 0.29) is 17.8 Å². The summed E-state index contributed by atoms with van der Waals surface area (Å²) >= 11 is 0. The number of morpholine rings is 1. The molecule has 0 atom stereocenters. The fraction of sp³-hybridized carbons (Fsp3) is 0.381. The first-order chi connectivity index (χ1) is 13.8. The van der Waals surface area contributed by atoms with Crippen molar-refractivity contribution in [3.05, 3.63) is 59.7 Å². The number of carbonyl (C=O) groups is 1. The predicted molar refractivity (Wildman–Crippen MR) is 112 cm³/mol. The van der Waals surface area contributed by atoms with Gasteiger partial charge in [-0.25, -0.2) is 8.42 Å². The van der Waals surface area contributed by atoms with Crippen LogP contribution in [0.1, 0.15) is 29.8 Å². The average Bonchev–Trinajstić information content (AvgIpc) is 2.69. The van der Waals surface area contributed by atoms with Crippen LogP contribution in [-0.4, -0.2) is 51.0 Å². The van der Waals surface area contributed by atoms with Crippen molar-refractivity contribution in [3.63, 3.8) is 0 Å². The molecule has 0 bridgehead atoms. The van der Waals surface area contributed by atoms with Gasteiger partial charge >= 0.3 is 0 Å². The highest BCUT2D eigenvalue weighted by atomic mass is 32.2. The Morgan fingerprint density at radius 2 is 1.83 bits per heavy atom. The first kappa shape index (κ1) is 21.3. The number of sulfonamides is 1. The summed E-state index contributed by atoms with van der Waals surface area (Å²) in [5.74, 6) is 0.319. The maximum Gasteiger partial charge on any atom is 0.255 e. The van der Waals surface area contributed by atoms with E-state index in [1.165, 1.54) is 4.31 Å². The van der Waals surface area contributed by atoms with E-state index < -0.39 is 10.0 Å². The highest BCUT2D eigenvalue weighted by Gasteiger charge is 2.24. The molecule has 8 heteroatoms. The van der Waals surface area contributed by atoms with E-state index in [9.17, 15) is 13.2 Å². The number of amides is 1. The number of nitrogens with zero attached hydrogens (tertiary/aromatic N) is 1. The second kappa shape index (κ2) is 9.39. The Morgan fingerprint density at radius 3 is 2.48 bits per heavy atom. The van der Waals surface area contributed by atoms with Gasteiger partial charge in [0.2, 0.25) is 10.0 Å². The van der Waals surface area contributed by atoms with Crippen molar-refractivity contribution in [3.8, 4) is 5.75 Å². The Balaban J connectivity index is 1.63. The molecule has 1 fully saturated rings. The van der Waals surface area contributed by atoms with Crippen LogP contribution in [0, 0.1) is 0 Å². The number of anilines is 1. The summed E-state index contributed by atoms with van der Waals surface area (Å²) in [5, 5.41) is 2.83. The lowest BCUT2D eigenvalue weighted by Crippen LogP contribution is -2.41. The van der Waals surface area contributed by atoms with Crippen LogP contribution in [0.15, 0.2) is 48.5 Å². The SMILES string of the molecule is CC(C)Oc1cccc(NC(=O)c2ccc(CS(=O)(=O)N3CCOCC3)cc2)c1. The number of ether oxygens (including phenoxy) is 2. The van der Waals surface area contributed by atoms with Gasteiger partial charge in [-0.05, 0) is 43.7 Å². The first-order valence-corrected chi connectivity index (χ1v) is 11.2. The van der Waals surface area contributed by atoms with Crippen molar-refractivity contribution < 1.29 is 22.7 Å². The van der Waals surface area contributed by atoms with Crippen molar-refractivity contribution in [2.75, 3.05) is 31.6 Å². The minimum Gasteiger partial charge on any atom is -0.491 e. The zero-order chi connectivity index (χ0) is 20.9. The summed E-state index contributed by atoms with van der Waals surface area (Å²) in [6, 6.07) is 13.8. The summed E-state index contributed by atoms with van der Waals surface area (Å²) in [6.45, 7) is 5.46. The second-order valence-corrected chi connectivity index (χ2v) is 9.08. The lowest BCUT2D eigenvalue weighted by molar-refractivity contribution is 0.0729. The topological polar surface area (TPSA) is 84.9 Å².